The molecule has 10 heavy (non-hydrogen) atoms. The topological polar surface area (TPSA) is 26.0 Å². The fourth-order valence-corrected chi connectivity index (χ4v) is 1.59. The molecule has 1 aromatic heterocycles. The molecule has 1 rings (SSSR count). The Balaban J connectivity index is 0.000000810. The number of rotatable bonds is 1. The van der Waals surface area contributed by atoms with E-state index in [1.54, 1.807) is 0 Å². The van der Waals surface area contributed by atoms with Gasteiger partial charge in [0.15, 0.2) is 0 Å². The van der Waals surface area contributed by atoms with Crippen LogP contribution >= 0.6 is 35.3 Å². The molecule has 0 saturated heterocycles. The van der Waals surface area contributed by atoms with Crippen LogP contribution in [0.2, 0.25) is 4.34 Å². The average molecular weight is 198 g/mol. The highest BCUT2D eigenvalue weighted by molar-refractivity contribution is 7.16. The highest BCUT2D eigenvalue weighted by Crippen LogP contribution is 2.24. The molecule has 0 radical (unpaired) electrons. The molecular weight excluding hydrogens is 189 g/mol. The van der Waals surface area contributed by atoms with Crippen molar-refractivity contribution >= 4 is 35.3 Å². The van der Waals surface area contributed by atoms with E-state index >= 15 is 0 Å². The summed E-state index contributed by atoms with van der Waals surface area (Å²) < 4.78 is 0.808. The van der Waals surface area contributed by atoms with Gasteiger partial charge in [-0.25, -0.2) is 0 Å². The van der Waals surface area contributed by atoms with E-state index in [1.165, 1.54) is 11.3 Å². The first-order chi connectivity index (χ1) is 4.20. The summed E-state index contributed by atoms with van der Waals surface area (Å²) in [5.74, 6) is 0. The Morgan fingerprint density at radius 1 is 1.60 bits per heavy atom. The number of nitrogens with two attached hydrogens (primary N) is 1. The Morgan fingerprint density at radius 2 is 2.20 bits per heavy atom. The highest BCUT2D eigenvalue weighted by Gasteiger charge is 2.00. The van der Waals surface area contributed by atoms with Gasteiger partial charge in [0.05, 0.1) is 4.34 Å². The third-order valence-corrected chi connectivity index (χ3v) is 2.47. The largest absolute Gasteiger partial charge is 0.324 e. The molecule has 1 atom stereocenters. The molecule has 0 aliphatic carbocycles. The predicted molar refractivity (Wildman–Crippen MR) is 49.2 cm³/mol. The van der Waals surface area contributed by atoms with E-state index in [4.69, 9.17) is 17.3 Å². The lowest BCUT2D eigenvalue weighted by atomic mass is 10.3. The summed E-state index contributed by atoms with van der Waals surface area (Å²) in [6.45, 7) is 1.95. The highest BCUT2D eigenvalue weighted by atomic mass is 35.5. The summed E-state index contributed by atoms with van der Waals surface area (Å²) >= 11 is 7.20. The van der Waals surface area contributed by atoms with Crippen molar-refractivity contribution in [1.82, 2.24) is 0 Å². The van der Waals surface area contributed by atoms with E-state index in [0.717, 1.165) is 9.21 Å². The van der Waals surface area contributed by atoms with E-state index in [-0.39, 0.29) is 18.4 Å². The zero-order chi connectivity index (χ0) is 6.85. The Bertz CT molecular complexity index is 197. The first kappa shape index (κ1) is 10.2. The lowest BCUT2D eigenvalue weighted by molar-refractivity contribution is 0.838. The summed E-state index contributed by atoms with van der Waals surface area (Å²) in [5.41, 5.74) is 5.58. The molecule has 0 spiro atoms. The molecule has 0 fully saturated rings. The normalized spacial score (nSPS) is 12.3. The SMILES string of the molecule is C[C@H](N)c1ccc(Cl)s1.Cl. The van der Waals surface area contributed by atoms with E-state index in [0.29, 0.717) is 0 Å². The molecule has 0 bridgehead atoms. The van der Waals surface area contributed by atoms with Crippen LogP contribution in [0.1, 0.15) is 17.8 Å². The fraction of sp³-hybridized carbons (Fsp3) is 0.333. The quantitative estimate of drug-likeness (QED) is 0.737. The molecular formula is C6H9Cl2NS. The van der Waals surface area contributed by atoms with Crippen LogP contribution in [0.4, 0.5) is 0 Å². The average Bonchev–Trinajstić information content (AvgIpc) is 2.14. The zero-order valence-corrected chi connectivity index (χ0v) is 7.89. The molecule has 0 saturated carbocycles. The van der Waals surface area contributed by atoms with Gasteiger partial charge in [0.25, 0.3) is 0 Å². The first-order valence-corrected chi connectivity index (χ1v) is 3.90. The Morgan fingerprint density at radius 3 is 2.40 bits per heavy atom. The molecule has 1 heterocycles. The minimum Gasteiger partial charge on any atom is -0.324 e. The van der Waals surface area contributed by atoms with Crippen LogP contribution in [-0.4, -0.2) is 0 Å². The number of thiophene rings is 1. The third kappa shape index (κ3) is 2.46. The summed E-state index contributed by atoms with van der Waals surface area (Å²) in [4.78, 5) is 1.14. The van der Waals surface area contributed by atoms with Crippen LogP contribution < -0.4 is 5.73 Å². The van der Waals surface area contributed by atoms with Gasteiger partial charge in [0, 0.05) is 10.9 Å². The molecule has 0 aromatic carbocycles. The van der Waals surface area contributed by atoms with Crippen LogP contribution in [0.5, 0.6) is 0 Å². The van der Waals surface area contributed by atoms with Gasteiger partial charge in [0.2, 0.25) is 0 Å². The summed E-state index contributed by atoms with van der Waals surface area (Å²) in [5, 5.41) is 0. The Labute approximate surface area is 75.6 Å². The lowest BCUT2D eigenvalue weighted by Crippen LogP contribution is -2.01. The third-order valence-electron chi connectivity index (χ3n) is 1.04. The molecule has 0 aliphatic heterocycles. The van der Waals surface area contributed by atoms with Gasteiger partial charge in [-0.15, -0.1) is 23.7 Å². The first-order valence-electron chi connectivity index (χ1n) is 2.71. The van der Waals surface area contributed by atoms with Gasteiger partial charge in [-0.1, -0.05) is 11.6 Å². The van der Waals surface area contributed by atoms with Crippen molar-refractivity contribution in [2.45, 2.75) is 13.0 Å². The smallest absolute Gasteiger partial charge is 0.0931 e. The van der Waals surface area contributed by atoms with Gasteiger partial charge in [-0.2, -0.15) is 0 Å². The molecule has 1 nitrogen and oxygen atoms in total. The van der Waals surface area contributed by atoms with Crippen molar-refractivity contribution in [3.05, 3.63) is 21.3 Å². The Kier molecular flexibility index (Phi) is 4.29. The van der Waals surface area contributed by atoms with Crippen molar-refractivity contribution in [2.75, 3.05) is 0 Å². The number of halogens is 2. The van der Waals surface area contributed by atoms with Crippen LogP contribution in [-0.2, 0) is 0 Å². The van der Waals surface area contributed by atoms with E-state index < -0.39 is 0 Å². The molecule has 0 unspecified atom stereocenters. The molecule has 0 amide bonds. The minimum atomic E-state index is 0. The van der Waals surface area contributed by atoms with E-state index in [2.05, 4.69) is 0 Å². The molecule has 2 N–H and O–H groups in total. The van der Waals surface area contributed by atoms with Crippen molar-refractivity contribution in [3.63, 3.8) is 0 Å². The molecule has 0 aliphatic rings. The standard InChI is InChI=1S/C6H8ClNS.ClH/c1-4(8)5-2-3-6(7)9-5;/h2-4H,8H2,1H3;1H/t4-;/m0./s1. The van der Waals surface area contributed by atoms with Crippen molar-refractivity contribution in [2.24, 2.45) is 5.73 Å². The number of hydrogen-bond acceptors (Lipinski definition) is 2. The van der Waals surface area contributed by atoms with Gasteiger partial charge in [-0.3, -0.25) is 0 Å². The van der Waals surface area contributed by atoms with Crippen LogP contribution in [0.3, 0.4) is 0 Å². The second-order valence-electron chi connectivity index (χ2n) is 1.93. The van der Waals surface area contributed by atoms with E-state index in [1.807, 2.05) is 19.1 Å². The van der Waals surface area contributed by atoms with Gasteiger partial charge in [-0.05, 0) is 19.1 Å². The maximum absolute atomic E-state index is 5.67. The maximum atomic E-state index is 5.67. The van der Waals surface area contributed by atoms with Crippen molar-refractivity contribution in [3.8, 4) is 0 Å². The van der Waals surface area contributed by atoms with Crippen molar-refractivity contribution < 1.29 is 0 Å². The minimum absolute atomic E-state index is 0. The number of hydrogen-bond donors (Lipinski definition) is 1. The summed E-state index contributed by atoms with van der Waals surface area (Å²) in [6.07, 6.45) is 0. The van der Waals surface area contributed by atoms with Crippen molar-refractivity contribution in [1.29, 1.82) is 0 Å². The maximum Gasteiger partial charge on any atom is 0.0931 e. The van der Waals surface area contributed by atoms with Crippen LogP contribution in [0.25, 0.3) is 0 Å². The van der Waals surface area contributed by atoms with Gasteiger partial charge < -0.3 is 5.73 Å². The van der Waals surface area contributed by atoms with Gasteiger partial charge in [0.1, 0.15) is 0 Å². The second kappa shape index (κ2) is 4.19. The molecule has 1 aromatic rings. The fourth-order valence-electron chi connectivity index (χ4n) is 0.573. The van der Waals surface area contributed by atoms with E-state index in [9.17, 15) is 0 Å². The van der Waals surface area contributed by atoms with Crippen LogP contribution in [0, 0.1) is 0 Å². The van der Waals surface area contributed by atoms with Gasteiger partial charge >= 0.3 is 0 Å². The lowest BCUT2D eigenvalue weighted by Gasteiger charge is -1.96. The predicted octanol–water partition coefficient (Wildman–Crippen LogP) is 2.84. The Hall–Kier alpha value is 0.240. The monoisotopic (exact) mass is 197 g/mol. The molecule has 58 valence electrons. The zero-order valence-electron chi connectivity index (χ0n) is 5.50. The second-order valence-corrected chi connectivity index (χ2v) is 3.68. The molecule has 4 heteroatoms. The summed E-state index contributed by atoms with van der Waals surface area (Å²) in [6, 6.07) is 3.94. The summed E-state index contributed by atoms with van der Waals surface area (Å²) in [7, 11) is 0. The van der Waals surface area contributed by atoms with Crippen LogP contribution in [0.15, 0.2) is 12.1 Å².